The van der Waals surface area contributed by atoms with E-state index >= 15 is 0 Å². The van der Waals surface area contributed by atoms with Crippen LogP contribution in [0.1, 0.15) is 24.0 Å². The maximum atomic E-state index is 13.5. The van der Waals surface area contributed by atoms with Crippen LogP contribution in [0.5, 0.6) is 0 Å². The summed E-state index contributed by atoms with van der Waals surface area (Å²) in [5.41, 5.74) is 2.42. The Morgan fingerprint density at radius 2 is 1.28 bits per heavy atom. The lowest BCUT2D eigenvalue weighted by atomic mass is 10.2. The van der Waals surface area contributed by atoms with Crippen LogP contribution in [0.3, 0.4) is 0 Å². The maximum absolute atomic E-state index is 13.5. The van der Waals surface area contributed by atoms with Gasteiger partial charge in [-0.25, -0.2) is 13.2 Å². The Morgan fingerprint density at radius 3 is 1.78 bits per heavy atom. The highest BCUT2D eigenvalue weighted by atomic mass is 32.2. The smallest absolute Gasteiger partial charge is 0.321 e. The Hall–Kier alpha value is -3.16. The zero-order valence-electron chi connectivity index (χ0n) is 17.9. The lowest BCUT2D eigenvalue weighted by Crippen LogP contribution is -2.32. The van der Waals surface area contributed by atoms with E-state index in [0.29, 0.717) is 5.69 Å². The molecule has 1 heterocycles. The van der Waals surface area contributed by atoms with Crippen LogP contribution < -0.4 is 5.32 Å². The van der Waals surface area contributed by atoms with Gasteiger partial charge in [0.05, 0.1) is 4.90 Å². The van der Waals surface area contributed by atoms with Crippen molar-refractivity contribution in [3.05, 3.63) is 96.1 Å². The van der Waals surface area contributed by atoms with E-state index in [1.165, 1.54) is 4.31 Å². The third kappa shape index (κ3) is 5.36. The molecule has 1 saturated heterocycles. The van der Waals surface area contributed by atoms with Gasteiger partial charge in [0, 0.05) is 31.9 Å². The number of nitrogens with one attached hydrogen (secondary N) is 1. The summed E-state index contributed by atoms with van der Waals surface area (Å²) in [6, 6.07) is 25.4. The molecule has 1 N–H and O–H groups in total. The molecule has 1 aliphatic rings. The highest BCUT2D eigenvalue weighted by molar-refractivity contribution is 7.89. The van der Waals surface area contributed by atoms with Gasteiger partial charge in [0.1, 0.15) is 0 Å². The first-order valence-corrected chi connectivity index (χ1v) is 12.2. The summed E-state index contributed by atoms with van der Waals surface area (Å²) in [6.07, 6.45) is 2.03. The largest absolute Gasteiger partial charge is 0.325 e. The summed E-state index contributed by atoms with van der Waals surface area (Å²) in [6.45, 7) is 2.05. The van der Waals surface area contributed by atoms with E-state index in [9.17, 15) is 13.2 Å². The normalized spacial score (nSPS) is 14.0. The molecule has 0 aromatic heterocycles. The average Bonchev–Trinajstić information content (AvgIpc) is 3.36. The van der Waals surface area contributed by atoms with E-state index in [1.54, 1.807) is 29.2 Å². The van der Waals surface area contributed by atoms with Gasteiger partial charge in [-0.2, -0.15) is 4.31 Å². The standard InChI is InChI=1S/C25H27N3O3S/c29-25(27-17-7-8-18-27)26-23-13-15-24(16-14-23)32(30,31)28(19-21-9-3-1-4-10-21)20-22-11-5-2-6-12-22/h1-6,9-16H,7-8,17-20H2,(H,26,29). The monoisotopic (exact) mass is 449 g/mol. The van der Waals surface area contributed by atoms with Gasteiger partial charge in [0.25, 0.3) is 0 Å². The topological polar surface area (TPSA) is 69.7 Å². The van der Waals surface area contributed by atoms with Crippen molar-refractivity contribution in [2.45, 2.75) is 30.8 Å². The molecule has 3 aromatic carbocycles. The number of amides is 2. The van der Waals surface area contributed by atoms with E-state index in [4.69, 9.17) is 0 Å². The number of rotatable bonds is 7. The maximum Gasteiger partial charge on any atom is 0.321 e. The molecule has 0 saturated carbocycles. The van der Waals surface area contributed by atoms with Crippen molar-refractivity contribution < 1.29 is 13.2 Å². The molecular weight excluding hydrogens is 422 g/mol. The van der Waals surface area contributed by atoms with Gasteiger partial charge in [-0.3, -0.25) is 0 Å². The van der Waals surface area contributed by atoms with Crippen molar-refractivity contribution in [2.75, 3.05) is 18.4 Å². The Kier molecular flexibility index (Phi) is 6.87. The minimum absolute atomic E-state index is 0.145. The first kappa shape index (κ1) is 22.0. The molecule has 4 rings (SSSR count). The highest BCUT2D eigenvalue weighted by Gasteiger charge is 2.25. The zero-order valence-corrected chi connectivity index (χ0v) is 18.7. The third-order valence-corrected chi connectivity index (χ3v) is 7.35. The molecule has 6 nitrogen and oxygen atoms in total. The third-order valence-electron chi connectivity index (χ3n) is 5.54. The first-order chi connectivity index (χ1) is 15.5. The van der Waals surface area contributed by atoms with Crippen LogP contribution in [0.15, 0.2) is 89.8 Å². The molecule has 0 aliphatic carbocycles. The molecule has 1 fully saturated rings. The van der Waals surface area contributed by atoms with Gasteiger partial charge < -0.3 is 10.2 Å². The van der Waals surface area contributed by atoms with Crippen molar-refractivity contribution in [2.24, 2.45) is 0 Å². The fourth-order valence-electron chi connectivity index (χ4n) is 3.78. The second-order valence-electron chi connectivity index (χ2n) is 7.89. The molecule has 0 radical (unpaired) electrons. The van der Waals surface area contributed by atoms with E-state index in [2.05, 4.69) is 5.32 Å². The first-order valence-electron chi connectivity index (χ1n) is 10.8. The number of carbonyl (C=O) groups is 1. The lowest BCUT2D eigenvalue weighted by Gasteiger charge is -2.23. The number of benzene rings is 3. The minimum atomic E-state index is -3.75. The van der Waals surface area contributed by atoms with Gasteiger partial charge in [-0.1, -0.05) is 60.7 Å². The average molecular weight is 450 g/mol. The fourth-order valence-corrected chi connectivity index (χ4v) is 5.20. The van der Waals surface area contributed by atoms with Crippen molar-refractivity contribution >= 4 is 21.7 Å². The van der Waals surface area contributed by atoms with Gasteiger partial charge in [-0.05, 0) is 48.2 Å². The van der Waals surface area contributed by atoms with Crippen LogP contribution in [-0.4, -0.2) is 36.7 Å². The second-order valence-corrected chi connectivity index (χ2v) is 9.83. The quantitative estimate of drug-likeness (QED) is 0.568. The molecule has 166 valence electrons. The molecule has 0 unspecified atom stereocenters. The number of anilines is 1. The lowest BCUT2D eigenvalue weighted by molar-refractivity contribution is 0.222. The van der Waals surface area contributed by atoms with Crippen molar-refractivity contribution in [3.63, 3.8) is 0 Å². The van der Waals surface area contributed by atoms with Crippen LogP contribution in [0, 0.1) is 0 Å². The molecule has 1 aliphatic heterocycles. The van der Waals surface area contributed by atoms with Crippen LogP contribution in [-0.2, 0) is 23.1 Å². The summed E-state index contributed by atoms with van der Waals surface area (Å²) in [5.74, 6) is 0. The number of nitrogens with zero attached hydrogens (tertiary/aromatic N) is 2. The molecule has 0 atom stereocenters. The Morgan fingerprint density at radius 1 is 0.781 bits per heavy atom. The predicted molar refractivity (Wildman–Crippen MR) is 126 cm³/mol. The van der Waals surface area contributed by atoms with E-state index in [1.807, 2.05) is 60.7 Å². The van der Waals surface area contributed by atoms with E-state index in [0.717, 1.165) is 37.1 Å². The molecule has 7 heteroatoms. The Labute approximate surface area is 189 Å². The molecule has 2 amide bonds. The van der Waals surface area contributed by atoms with Crippen LogP contribution >= 0.6 is 0 Å². The fraction of sp³-hybridized carbons (Fsp3) is 0.240. The number of likely N-dealkylation sites (tertiary alicyclic amines) is 1. The van der Waals surface area contributed by atoms with Crippen LogP contribution in [0.25, 0.3) is 0 Å². The predicted octanol–water partition coefficient (Wildman–Crippen LogP) is 4.71. The minimum Gasteiger partial charge on any atom is -0.325 e. The van der Waals surface area contributed by atoms with Crippen molar-refractivity contribution in [1.82, 2.24) is 9.21 Å². The number of carbonyl (C=O) groups excluding carboxylic acids is 1. The molecule has 0 bridgehead atoms. The van der Waals surface area contributed by atoms with Crippen molar-refractivity contribution in [3.8, 4) is 0 Å². The number of urea groups is 1. The van der Waals surface area contributed by atoms with E-state index in [-0.39, 0.29) is 24.0 Å². The summed E-state index contributed by atoms with van der Waals surface area (Å²) < 4.78 is 28.5. The number of hydrogen-bond acceptors (Lipinski definition) is 3. The number of hydrogen-bond donors (Lipinski definition) is 1. The summed E-state index contributed by atoms with van der Waals surface area (Å²) in [4.78, 5) is 14.3. The van der Waals surface area contributed by atoms with Gasteiger partial charge >= 0.3 is 6.03 Å². The Bertz CT molecular complexity index is 1090. The Balaban J connectivity index is 1.54. The van der Waals surface area contributed by atoms with Crippen LogP contribution in [0.4, 0.5) is 10.5 Å². The SMILES string of the molecule is O=C(Nc1ccc(S(=O)(=O)N(Cc2ccccc2)Cc2ccccc2)cc1)N1CCCC1. The number of sulfonamides is 1. The van der Waals surface area contributed by atoms with Gasteiger partial charge in [-0.15, -0.1) is 0 Å². The van der Waals surface area contributed by atoms with Crippen LogP contribution in [0.2, 0.25) is 0 Å². The van der Waals surface area contributed by atoms with Gasteiger partial charge in [0.2, 0.25) is 10.0 Å². The molecule has 32 heavy (non-hydrogen) atoms. The molecule has 0 spiro atoms. The summed E-state index contributed by atoms with van der Waals surface area (Å²) in [5, 5.41) is 2.85. The summed E-state index contributed by atoms with van der Waals surface area (Å²) >= 11 is 0. The highest BCUT2D eigenvalue weighted by Crippen LogP contribution is 2.23. The second kappa shape index (κ2) is 9.97. The van der Waals surface area contributed by atoms with E-state index < -0.39 is 10.0 Å². The zero-order chi connectivity index (χ0) is 22.4. The molecule has 3 aromatic rings. The summed E-state index contributed by atoms with van der Waals surface area (Å²) in [7, 11) is -3.75. The van der Waals surface area contributed by atoms with Gasteiger partial charge in [0.15, 0.2) is 0 Å². The van der Waals surface area contributed by atoms with Crippen molar-refractivity contribution in [1.29, 1.82) is 0 Å². The molecular formula is C25H27N3O3S.